The van der Waals surface area contributed by atoms with Crippen molar-refractivity contribution in [1.29, 1.82) is 0 Å². The summed E-state index contributed by atoms with van der Waals surface area (Å²) in [6, 6.07) is 7.15. The van der Waals surface area contributed by atoms with Gasteiger partial charge >= 0.3 is 0 Å². The molecule has 2 atom stereocenters. The van der Waals surface area contributed by atoms with Gasteiger partial charge in [-0.25, -0.2) is 0 Å². The van der Waals surface area contributed by atoms with E-state index in [1.54, 1.807) is 18.2 Å². The van der Waals surface area contributed by atoms with Crippen LogP contribution in [0.15, 0.2) is 29.8 Å². The minimum Gasteiger partial charge on any atom is -0.463 e. The minimum atomic E-state index is -0.518. The monoisotopic (exact) mass is 242 g/mol. The van der Waals surface area contributed by atoms with Crippen LogP contribution in [0.1, 0.15) is 22.3 Å². The second-order valence-electron chi connectivity index (χ2n) is 4.70. The molecule has 18 heavy (non-hydrogen) atoms. The summed E-state index contributed by atoms with van der Waals surface area (Å²) in [4.78, 5) is 24.6. The molecule has 4 nitrogen and oxygen atoms in total. The lowest BCUT2D eigenvalue weighted by Crippen LogP contribution is -2.33. The van der Waals surface area contributed by atoms with Crippen molar-refractivity contribution in [2.45, 2.75) is 12.7 Å². The first-order chi connectivity index (χ1) is 8.77. The number of carbonyl (C=O) groups is 2. The van der Waals surface area contributed by atoms with Crippen LogP contribution in [0.3, 0.4) is 0 Å². The van der Waals surface area contributed by atoms with E-state index >= 15 is 0 Å². The Kier molecular flexibility index (Phi) is 1.84. The van der Waals surface area contributed by atoms with Crippen molar-refractivity contribution in [1.82, 2.24) is 0 Å². The van der Waals surface area contributed by atoms with E-state index in [4.69, 9.17) is 9.47 Å². The number of fused-ring (bicyclic) bond motifs is 3. The van der Waals surface area contributed by atoms with Gasteiger partial charge in [-0.3, -0.25) is 9.59 Å². The first-order valence-corrected chi connectivity index (χ1v) is 5.98. The first kappa shape index (κ1) is 10.0. The molecule has 0 aromatic heterocycles. The number of Topliss-reactive ketones (excluding diaryl/α,β-unsaturated/α-hetero) is 2. The van der Waals surface area contributed by atoms with Crippen LogP contribution in [-0.2, 0) is 14.3 Å². The molecular weight excluding hydrogens is 232 g/mol. The van der Waals surface area contributed by atoms with Crippen molar-refractivity contribution in [2.75, 3.05) is 6.61 Å². The highest BCUT2D eigenvalue weighted by Gasteiger charge is 2.48. The highest BCUT2D eigenvalue weighted by atomic mass is 16.7. The summed E-state index contributed by atoms with van der Waals surface area (Å²) in [5.74, 6) is -0.248. The Morgan fingerprint density at radius 3 is 2.72 bits per heavy atom. The number of benzene rings is 1. The van der Waals surface area contributed by atoms with E-state index in [9.17, 15) is 9.59 Å². The standard InChI is InChI=1S/C14H10O4/c15-11-7-3-1-2-4-8(7)13-10(11)12(16)9-5-6-17-14(9)18-13/h1-4,9,14H,5-6H2. The number of ether oxygens (including phenoxy) is 2. The molecule has 2 aliphatic heterocycles. The molecule has 4 heteroatoms. The first-order valence-electron chi connectivity index (χ1n) is 5.98. The molecule has 1 aliphatic carbocycles. The molecule has 1 fully saturated rings. The molecule has 1 aromatic carbocycles. The van der Waals surface area contributed by atoms with E-state index < -0.39 is 6.29 Å². The fourth-order valence-corrected chi connectivity index (χ4v) is 2.83. The summed E-state index contributed by atoms with van der Waals surface area (Å²) in [5.41, 5.74) is 1.47. The average molecular weight is 242 g/mol. The Morgan fingerprint density at radius 1 is 1.11 bits per heavy atom. The number of hydrogen-bond acceptors (Lipinski definition) is 4. The molecule has 2 unspecified atom stereocenters. The van der Waals surface area contributed by atoms with Crippen LogP contribution in [0, 0.1) is 5.92 Å². The smallest absolute Gasteiger partial charge is 0.210 e. The van der Waals surface area contributed by atoms with Crippen molar-refractivity contribution in [3.63, 3.8) is 0 Å². The maximum Gasteiger partial charge on any atom is 0.210 e. The van der Waals surface area contributed by atoms with Crippen molar-refractivity contribution < 1.29 is 19.1 Å². The SMILES string of the molecule is O=C1C2=C(OC3OCCC3C2=O)c2ccccc21. The lowest BCUT2D eigenvalue weighted by atomic mass is 9.92. The zero-order valence-corrected chi connectivity index (χ0v) is 9.51. The Morgan fingerprint density at radius 2 is 1.89 bits per heavy atom. The zero-order chi connectivity index (χ0) is 12.3. The van der Waals surface area contributed by atoms with E-state index in [1.165, 1.54) is 0 Å². The molecule has 0 amide bonds. The molecule has 0 spiro atoms. The molecule has 90 valence electrons. The summed E-state index contributed by atoms with van der Waals surface area (Å²) in [6.45, 7) is 0.511. The summed E-state index contributed by atoms with van der Waals surface area (Å²) < 4.78 is 11.1. The van der Waals surface area contributed by atoms with Gasteiger partial charge in [-0.15, -0.1) is 0 Å². The predicted molar refractivity (Wildman–Crippen MR) is 61.6 cm³/mol. The molecule has 2 heterocycles. The van der Waals surface area contributed by atoms with Crippen LogP contribution < -0.4 is 0 Å². The highest BCUT2D eigenvalue weighted by molar-refractivity contribution is 6.35. The molecule has 0 N–H and O–H groups in total. The van der Waals surface area contributed by atoms with Crippen molar-refractivity contribution in [3.8, 4) is 0 Å². The molecule has 1 saturated heterocycles. The molecule has 3 aliphatic rings. The number of hydrogen-bond donors (Lipinski definition) is 0. The summed E-state index contributed by atoms with van der Waals surface area (Å²) in [7, 11) is 0. The number of ketones is 2. The fraction of sp³-hybridized carbons (Fsp3) is 0.286. The average Bonchev–Trinajstić information content (AvgIpc) is 2.96. The Balaban J connectivity index is 1.91. The van der Waals surface area contributed by atoms with Gasteiger partial charge in [0.2, 0.25) is 12.1 Å². The van der Waals surface area contributed by atoms with Crippen LogP contribution in [0.2, 0.25) is 0 Å². The number of carbonyl (C=O) groups excluding carboxylic acids is 2. The van der Waals surface area contributed by atoms with Crippen LogP contribution in [0.25, 0.3) is 5.76 Å². The maximum absolute atomic E-state index is 12.3. The summed E-state index contributed by atoms with van der Waals surface area (Å²) in [5, 5.41) is 0. The van der Waals surface area contributed by atoms with Gasteiger partial charge < -0.3 is 9.47 Å². The largest absolute Gasteiger partial charge is 0.463 e. The maximum atomic E-state index is 12.3. The summed E-state index contributed by atoms with van der Waals surface area (Å²) >= 11 is 0. The molecule has 1 aromatic rings. The van der Waals surface area contributed by atoms with Gasteiger partial charge in [0.15, 0.2) is 5.78 Å². The highest BCUT2D eigenvalue weighted by Crippen LogP contribution is 2.43. The normalized spacial score (nSPS) is 28.9. The van der Waals surface area contributed by atoms with E-state index in [0.29, 0.717) is 29.9 Å². The molecule has 0 saturated carbocycles. The second-order valence-corrected chi connectivity index (χ2v) is 4.70. The topological polar surface area (TPSA) is 52.6 Å². The van der Waals surface area contributed by atoms with Crippen molar-refractivity contribution >= 4 is 17.3 Å². The van der Waals surface area contributed by atoms with Crippen LogP contribution in [0.4, 0.5) is 0 Å². The molecule has 4 rings (SSSR count). The Labute approximate surface area is 103 Å². The molecule has 0 radical (unpaired) electrons. The third-order valence-corrected chi connectivity index (χ3v) is 3.73. The number of rotatable bonds is 0. The molecule has 0 bridgehead atoms. The van der Waals surface area contributed by atoms with E-state index in [-0.39, 0.29) is 23.1 Å². The zero-order valence-electron chi connectivity index (χ0n) is 9.51. The van der Waals surface area contributed by atoms with Gasteiger partial charge in [-0.05, 0) is 6.42 Å². The minimum absolute atomic E-state index is 0.125. The third-order valence-electron chi connectivity index (χ3n) is 3.73. The van der Waals surface area contributed by atoms with E-state index in [2.05, 4.69) is 0 Å². The van der Waals surface area contributed by atoms with E-state index in [0.717, 1.165) is 0 Å². The Hall–Kier alpha value is -1.94. The van der Waals surface area contributed by atoms with E-state index in [1.807, 2.05) is 6.07 Å². The Bertz CT molecular complexity index is 614. The van der Waals surface area contributed by atoms with Gasteiger partial charge in [0.05, 0.1) is 12.5 Å². The van der Waals surface area contributed by atoms with Crippen LogP contribution in [0.5, 0.6) is 0 Å². The van der Waals surface area contributed by atoms with Gasteiger partial charge in [0.25, 0.3) is 0 Å². The van der Waals surface area contributed by atoms with Crippen molar-refractivity contribution in [2.24, 2.45) is 5.92 Å². The van der Waals surface area contributed by atoms with Crippen LogP contribution >= 0.6 is 0 Å². The van der Waals surface area contributed by atoms with Gasteiger partial charge in [-0.2, -0.15) is 0 Å². The lowest BCUT2D eigenvalue weighted by Gasteiger charge is -2.25. The van der Waals surface area contributed by atoms with Gasteiger partial charge in [0.1, 0.15) is 11.3 Å². The van der Waals surface area contributed by atoms with Gasteiger partial charge in [0, 0.05) is 11.1 Å². The van der Waals surface area contributed by atoms with Crippen LogP contribution in [-0.4, -0.2) is 24.5 Å². The summed E-state index contributed by atoms with van der Waals surface area (Å²) in [6.07, 6.45) is 0.111. The van der Waals surface area contributed by atoms with Gasteiger partial charge in [-0.1, -0.05) is 24.3 Å². The third kappa shape index (κ3) is 1.08. The predicted octanol–water partition coefficient (Wildman–Crippen LogP) is 1.56. The number of allylic oxidation sites excluding steroid dienone is 1. The quantitative estimate of drug-likeness (QED) is 0.648. The fourth-order valence-electron chi connectivity index (χ4n) is 2.83. The van der Waals surface area contributed by atoms with Crippen molar-refractivity contribution in [3.05, 3.63) is 41.0 Å². The second kappa shape index (κ2) is 3.29. The molecular formula is C14H10O4. The lowest BCUT2D eigenvalue weighted by molar-refractivity contribution is -0.134.